The van der Waals surface area contributed by atoms with E-state index in [0.29, 0.717) is 6.54 Å². The van der Waals surface area contributed by atoms with Crippen LogP contribution in [0.3, 0.4) is 0 Å². The van der Waals surface area contributed by atoms with E-state index in [1.165, 1.54) is 23.4 Å². The van der Waals surface area contributed by atoms with Crippen LogP contribution in [-0.4, -0.2) is 34.8 Å². The number of carbonyl (C=O) groups is 1. The van der Waals surface area contributed by atoms with E-state index < -0.39 is 17.9 Å². The highest BCUT2D eigenvalue weighted by Crippen LogP contribution is 2.29. The summed E-state index contributed by atoms with van der Waals surface area (Å²) in [5.74, 6) is 0.0642. The summed E-state index contributed by atoms with van der Waals surface area (Å²) in [5.41, 5.74) is 1.37. The molecular formula is C20H20F3N6O2+. The van der Waals surface area contributed by atoms with E-state index in [1.54, 1.807) is 4.68 Å². The Kier molecular flexibility index (Phi) is 5.59. The van der Waals surface area contributed by atoms with Gasteiger partial charge in [0, 0.05) is 18.4 Å². The molecule has 0 aliphatic carbocycles. The molecule has 1 atom stereocenters. The van der Waals surface area contributed by atoms with E-state index in [2.05, 4.69) is 37.9 Å². The third-order valence-corrected chi connectivity index (χ3v) is 5.10. The minimum atomic E-state index is -4.60. The predicted molar refractivity (Wildman–Crippen MR) is 104 cm³/mol. The fourth-order valence-electron chi connectivity index (χ4n) is 3.55. The number of urea groups is 1. The van der Waals surface area contributed by atoms with Crippen molar-refractivity contribution in [2.24, 2.45) is 0 Å². The summed E-state index contributed by atoms with van der Waals surface area (Å²) in [6.45, 7) is 1.43. The number of likely N-dealkylation sites (N-methyl/N-ethyl adjacent to an activating group) is 1. The lowest BCUT2D eigenvalue weighted by atomic mass is 9.93. The van der Waals surface area contributed by atoms with Crippen LogP contribution in [0, 0.1) is 0 Å². The molecule has 11 heteroatoms. The number of fused-ring (bicyclic) bond motifs is 1. The lowest BCUT2D eigenvalue weighted by molar-refractivity contribution is -0.766. The summed E-state index contributed by atoms with van der Waals surface area (Å²) >= 11 is 0. The second-order valence-corrected chi connectivity index (χ2v) is 7.24. The molecule has 3 heterocycles. The molecule has 1 aliphatic rings. The highest BCUT2D eigenvalue weighted by atomic mass is 19.4. The number of nitrogens with one attached hydrogen (secondary N) is 2. The Morgan fingerprint density at radius 1 is 1.29 bits per heavy atom. The Morgan fingerprint density at radius 3 is 2.90 bits per heavy atom. The molecule has 1 aliphatic heterocycles. The lowest BCUT2D eigenvalue weighted by Gasteiger charge is -2.31. The Balaban J connectivity index is 1.40. The van der Waals surface area contributed by atoms with Gasteiger partial charge < -0.3 is 5.32 Å². The van der Waals surface area contributed by atoms with Crippen molar-refractivity contribution in [3.8, 4) is 0 Å². The first kappa shape index (κ1) is 20.8. The van der Waals surface area contributed by atoms with Crippen molar-refractivity contribution in [2.75, 3.05) is 24.2 Å². The van der Waals surface area contributed by atoms with Gasteiger partial charge in [-0.2, -0.15) is 13.2 Å². The molecule has 2 N–H and O–H groups in total. The Morgan fingerprint density at radius 2 is 2.10 bits per heavy atom. The minimum Gasteiger partial charge on any atom is -0.308 e. The molecule has 4 rings (SSSR count). The number of amides is 2. The largest absolute Gasteiger partial charge is 0.433 e. The zero-order valence-electron chi connectivity index (χ0n) is 16.6. The van der Waals surface area contributed by atoms with Gasteiger partial charge in [0.05, 0.1) is 6.04 Å². The molecule has 0 bridgehead atoms. The van der Waals surface area contributed by atoms with E-state index in [1.807, 2.05) is 19.2 Å². The number of rotatable bonds is 4. The quantitative estimate of drug-likeness (QED) is 0.617. The second kappa shape index (κ2) is 8.34. The van der Waals surface area contributed by atoms with E-state index >= 15 is 0 Å². The number of anilines is 2. The van der Waals surface area contributed by atoms with Crippen molar-refractivity contribution in [2.45, 2.75) is 25.2 Å². The van der Waals surface area contributed by atoms with Crippen LogP contribution in [0.1, 0.15) is 22.9 Å². The van der Waals surface area contributed by atoms with E-state index in [0.717, 1.165) is 25.2 Å². The van der Waals surface area contributed by atoms with Crippen LogP contribution in [0.5, 0.6) is 0 Å². The number of hydrogen-bond donors (Lipinski definition) is 2. The molecule has 3 aromatic rings. The van der Waals surface area contributed by atoms with E-state index in [4.69, 9.17) is 4.52 Å². The van der Waals surface area contributed by atoms with Crippen LogP contribution < -0.4 is 15.3 Å². The standard InChI is InChI=1S/C20H19F3N6O2/c1-28-9-7-13-4-2-3-5-15(13)16(28)11-29-12-18(31-27-29)26-19(30)25-14-6-8-24-17(10-14)20(21,22)23/h2-6,8,10,12,16H,7,9,11H2,1H3,(H-,24,25,26,27,30)/p+1/t16-/m0/s1. The minimum absolute atomic E-state index is 0.0485. The molecule has 2 aromatic heterocycles. The van der Waals surface area contributed by atoms with Crippen molar-refractivity contribution in [1.29, 1.82) is 0 Å². The van der Waals surface area contributed by atoms with Crippen LogP contribution >= 0.6 is 0 Å². The maximum Gasteiger partial charge on any atom is 0.433 e. The number of pyridine rings is 1. The molecule has 2 amide bonds. The summed E-state index contributed by atoms with van der Waals surface area (Å²) in [4.78, 5) is 17.6. The SMILES string of the molecule is CN1CCc2ccccc2[C@@H]1C[n+]1cc(NC(=O)Nc2ccnc(C(F)(F)F)c2)on1. The molecule has 0 unspecified atom stereocenters. The molecule has 8 nitrogen and oxygen atoms in total. The average Bonchev–Trinajstić information content (AvgIpc) is 3.16. The molecule has 31 heavy (non-hydrogen) atoms. The Bertz CT molecular complexity index is 1080. The van der Waals surface area contributed by atoms with Crippen molar-refractivity contribution >= 4 is 17.6 Å². The average molecular weight is 433 g/mol. The molecule has 0 spiro atoms. The zero-order chi connectivity index (χ0) is 22.0. The normalized spacial score (nSPS) is 16.6. The maximum atomic E-state index is 12.7. The van der Waals surface area contributed by atoms with Gasteiger partial charge in [-0.05, 0) is 41.4 Å². The number of benzene rings is 1. The Hall–Kier alpha value is -3.47. The van der Waals surface area contributed by atoms with Crippen LogP contribution in [0.15, 0.2) is 53.3 Å². The van der Waals surface area contributed by atoms with Gasteiger partial charge in [-0.25, -0.2) is 4.79 Å². The first-order valence-electron chi connectivity index (χ1n) is 9.55. The fourth-order valence-corrected chi connectivity index (χ4v) is 3.55. The smallest absolute Gasteiger partial charge is 0.308 e. The van der Waals surface area contributed by atoms with Gasteiger partial charge in [-0.3, -0.25) is 19.7 Å². The monoisotopic (exact) mass is 433 g/mol. The first-order valence-corrected chi connectivity index (χ1v) is 9.55. The van der Waals surface area contributed by atoms with Gasteiger partial charge in [0.25, 0.3) is 6.20 Å². The van der Waals surface area contributed by atoms with Gasteiger partial charge in [0.15, 0.2) is 6.54 Å². The van der Waals surface area contributed by atoms with Crippen molar-refractivity contribution in [3.63, 3.8) is 0 Å². The highest BCUT2D eigenvalue weighted by Gasteiger charge is 2.33. The molecule has 162 valence electrons. The Labute approximate surface area is 175 Å². The van der Waals surface area contributed by atoms with Crippen LogP contribution in [0.4, 0.5) is 29.5 Å². The second-order valence-electron chi connectivity index (χ2n) is 7.24. The summed E-state index contributed by atoms with van der Waals surface area (Å²) in [7, 11) is 2.04. The molecule has 0 saturated heterocycles. The number of alkyl halides is 3. The van der Waals surface area contributed by atoms with Gasteiger partial charge in [0.1, 0.15) is 5.69 Å². The van der Waals surface area contributed by atoms with Crippen molar-refractivity contribution < 1.29 is 27.2 Å². The van der Waals surface area contributed by atoms with Crippen LogP contribution in [-0.2, 0) is 19.1 Å². The topological polar surface area (TPSA) is 87.2 Å². The van der Waals surface area contributed by atoms with Gasteiger partial charge in [0.2, 0.25) is 5.27 Å². The number of nitrogens with zero attached hydrogens (tertiary/aromatic N) is 4. The van der Waals surface area contributed by atoms with E-state index in [9.17, 15) is 18.0 Å². The third-order valence-electron chi connectivity index (χ3n) is 5.10. The van der Waals surface area contributed by atoms with Crippen molar-refractivity contribution in [3.05, 3.63) is 65.6 Å². The van der Waals surface area contributed by atoms with Crippen molar-refractivity contribution in [1.82, 2.24) is 15.2 Å². The number of aromatic nitrogens is 3. The molecule has 0 radical (unpaired) electrons. The number of halogens is 3. The fraction of sp³-hybridized carbons (Fsp3) is 0.300. The summed E-state index contributed by atoms with van der Waals surface area (Å²) in [5, 5.41) is 8.68. The molecular weight excluding hydrogens is 413 g/mol. The molecule has 1 aromatic carbocycles. The summed E-state index contributed by atoms with van der Waals surface area (Å²) < 4.78 is 45.0. The number of carbonyl (C=O) groups excluding carboxylic acids is 1. The lowest BCUT2D eigenvalue weighted by Crippen LogP contribution is -2.45. The molecule has 0 saturated carbocycles. The zero-order valence-corrected chi connectivity index (χ0v) is 16.6. The maximum absolute atomic E-state index is 12.7. The van der Waals surface area contributed by atoms with Gasteiger partial charge >= 0.3 is 18.1 Å². The highest BCUT2D eigenvalue weighted by molar-refractivity contribution is 5.98. The van der Waals surface area contributed by atoms with Crippen LogP contribution in [0.25, 0.3) is 0 Å². The summed E-state index contributed by atoms with van der Waals surface area (Å²) in [6.07, 6.45) is -1.13. The predicted octanol–water partition coefficient (Wildman–Crippen LogP) is 3.25. The molecule has 0 fully saturated rings. The van der Waals surface area contributed by atoms with E-state index in [-0.39, 0.29) is 17.6 Å². The number of hydrogen-bond acceptors (Lipinski definition) is 5. The van der Waals surface area contributed by atoms with Gasteiger partial charge in [-0.1, -0.05) is 24.3 Å². The first-order chi connectivity index (χ1) is 14.8. The van der Waals surface area contributed by atoms with Gasteiger partial charge in [-0.15, -0.1) is 0 Å². The third kappa shape index (κ3) is 4.82. The van der Waals surface area contributed by atoms with Crippen LogP contribution in [0.2, 0.25) is 0 Å². The summed E-state index contributed by atoms with van der Waals surface area (Å²) in [6, 6.07) is 9.56.